The molecule has 0 radical (unpaired) electrons. The van der Waals surface area contributed by atoms with Crippen molar-refractivity contribution in [3.05, 3.63) is 41.7 Å². The van der Waals surface area contributed by atoms with Crippen molar-refractivity contribution in [2.45, 2.75) is 40.2 Å². The lowest BCUT2D eigenvalue weighted by atomic mass is 10.1. The molecule has 1 heterocycles. The summed E-state index contributed by atoms with van der Waals surface area (Å²) in [6.45, 7) is 13.3. The number of hydrogen-bond acceptors (Lipinski definition) is 5. The average molecular weight is 318 g/mol. The molecule has 1 aromatic rings. The first kappa shape index (κ1) is 19.3. The summed E-state index contributed by atoms with van der Waals surface area (Å²) in [5, 5.41) is 7.73. The zero-order valence-electron chi connectivity index (χ0n) is 15.0. The van der Waals surface area contributed by atoms with E-state index in [1.54, 1.807) is 6.20 Å². The summed E-state index contributed by atoms with van der Waals surface area (Å²) in [7, 11) is 0. The lowest BCUT2D eigenvalue weighted by Crippen LogP contribution is -2.37. The topological polar surface area (TPSA) is 58.5 Å². The van der Waals surface area contributed by atoms with E-state index in [1.165, 1.54) is 0 Å². The molecule has 0 saturated heterocycles. The van der Waals surface area contributed by atoms with Crippen molar-refractivity contribution in [2.75, 3.05) is 26.2 Å². The van der Waals surface area contributed by atoms with Crippen LogP contribution in [0, 0.1) is 6.92 Å². The molecule has 1 rings (SSSR count). The van der Waals surface area contributed by atoms with Crippen LogP contribution in [0.2, 0.25) is 0 Å². The van der Waals surface area contributed by atoms with Crippen LogP contribution in [0.3, 0.4) is 0 Å². The fraction of sp³-hybridized carbons (Fsp3) is 0.556. The van der Waals surface area contributed by atoms with Gasteiger partial charge in [0, 0.05) is 37.2 Å². The van der Waals surface area contributed by atoms with Crippen molar-refractivity contribution in [3.8, 4) is 0 Å². The highest BCUT2D eigenvalue weighted by molar-refractivity contribution is 5.99. The SMILES string of the molecule is CCOC(C)(C)CNC/C=C\CN/N=C(\C)c1cccnc1C. The van der Waals surface area contributed by atoms with Gasteiger partial charge < -0.3 is 15.5 Å². The van der Waals surface area contributed by atoms with E-state index in [0.29, 0.717) is 6.54 Å². The Morgan fingerprint density at radius 1 is 1.35 bits per heavy atom. The number of hydrazone groups is 1. The predicted octanol–water partition coefficient (Wildman–Crippen LogP) is 2.66. The van der Waals surface area contributed by atoms with Crippen molar-refractivity contribution in [1.82, 2.24) is 15.7 Å². The van der Waals surface area contributed by atoms with Gasteiger partial charge in [0.05, 0.1) is 17.9 Å². The second kappa shape index (κ2) is 10.1. The third kappa shape index (κ3) is 7.90. The number of hydrogen-bond donors (Lipinski definition) is 2. The molecule has 128 valence electrons. The fourth-order valence-electron chi connectivity index (χ4n) is 2.21. The molecular formula is C18H30N4O. The quantitative estimate of drug-likeness (QED) is 0.301. The summed E-state index contributed by atoms with van der Waals surface area (Å²) in [4.78, 5) is 4.27. The van der Waals surface area contributed by atoms with Gasteiger partial charge in [-0.3, -0.25) is 4.98 Å². The van der Waals surface area contributed by atoms with Gasteiger partial charge in [-0.05, 0) is 46.8 Å². The van der Waals surface area contributed by atoms with Crippen LogP contribution in [0.5, 0.6) is 0 Å². The van der Waals surface area contributed by atoms with Gasteiger partial charge in [-0.2, -0.15) is 5.10 Å². The zero-order valence-corrected chi connectivity index (χ0v) is 15.0. The number of nitrogens with zero attached hydrogens (tertiary/aromatic N) is 2. The summed E-state index contributed by atoms with van der Waals surface area (Å²) < 4.78 is 5.63. The molecule has 0 atom stereocenters. The van der Waals surface area contributed by atoms with E-state index < -0.39 is 0 Å². The molecule has 0 aliphatic carbocycles. The summed E-state index contributed by atoms with van der Waals surface area (Å²) in [5.41, 5.74) is 5.95. The Bertz CT molecular complexity index is 524. The zero-order chi connectivity index (χ0) is 17.1. The summed E-state index contributed by atoms with van der Waals surface area (Å²) in [6, 6.07) is 3.96. The van der Waals surface area contributed by atoms with Crippen molar-refractivity contribution in [3.63, 3.8) is 0 Å². The molecule has 0 bridgehead atoms. The van der Waals surface area contributed by atoms with E-state index in [0.717, 1.165) is 36.7 Å². The number of nitrogens with one attached hydrogen (secondary N) is 2. The Morgan fingerprint density at radius 3 is 2.78 bits per heavy atom. The van der Waals surface area contributed by atoms with Crippen LogP contribution in [-0.4, -0.2) is 42.5 Å². The molecule has 0 aromatic carbocycles. The second-order valence-electron chi connectivity index (χ2n) is 5.99. The smallest absolute Gasteiger partial charge is 0.0750 e. The molecule has 0 amide bonds. The minimum absolute atomic E-state index is 0.121. The minimum Gasteiger partial charge on any atom is -0.375 e. The molecule has 0 fully saturated rings. The highest BCUT2D eigenvalue weighted by Crippen LogP contribution is 2.06. The Balaban J connectivity index is 2.24. The van der Waals surface area contributed by atoms with Crippen LogP contribution in [-0.2, 0) is 4.74 Å². The maximum absolute atomic E-state index is 5.63. The van der Waals surface area contributed by atoms with Crippen LogP contribution in [0.4, 0.5) is 0 Å². The maximum atomic E-state index is 5.63. The molecule has 0 aliphatic heterocycles. The van der Waals surface area contributed by atoms with Gasteiger partial charge in [0.2, 0.25) is 0 Å². The number of aromatic nitrogens is 1. The maximum Gasteiger partial charge on any atom is 0.0750 e. The Labute approximate surface area is 140 Å². The lowest BCUT2D eigenvalue weighted by molar-refractivity contribution is -0.00812. The standard InChI is InChI=1S/C18H30N4O/c1-6-23-18(4,5)14-19-11-7-8-13-21-22-16(3)17-10-9-12-20-15(17)2/h7-10,12,19,21H,6,11,13-14H2,1-5H3/b8-7-,22-16+. The fourth-order valence-corrected chi connectivity index (χ4v) is 2.21. The molecule has 5 heteroatoms. The van der Waals surface area contributed by atoms with Crippen molar-refractivity contribution in [1.29, 1.82) is 0 Å². The summed E-state index contributed by atoms with van der Waals surface area (Å²) >= 11 is 0. The average Bonchev–Trinajstić information content (AvgIpc) is 2.50. The molecule has 2 N–H and O–H groups in total. The lowest BCUT2D eigenvalue weighted by Gasteiger charge is -2.24. The molecule has 0 aliphatic rings. The second-order valence-corrected chi connectivity index (χ2v) is 5.99. The number of pyridine rings is 1. The van der Waals surface area contributed by atoms with E-state index in [4.69, 9.17) is 4.74 Å². The highest BCUT2D eigenvalue weighted by atomic mass is 16.5. The molecule has 5 nitrogen and oxygen atoms in total. The van der Waals surface area contributed by atoms with Crippen LogP contribution in [0.1, 0.15) is 39.0 Å². The Morgan fingerprint density at radius 2 is 2.09 bits per heavy atom. The first-order valence-electron chi connectivity index (χ1n) is 8.15. The summed E-state index contributed by atoms with van der Waals surface area (Å²) in [5.74, 6) is 0. The predicted molar refractivity (Wildman–Crippen MR) is 96.9 cm³/mol. The van der Waals surface area contributed by atoms with Gasteiger partial charge in [0.25, 0.3) is 0 Å². The van der Waals surface area contributed by atoms with Gasteiger partial charge in [0.15, 0.2) is 0 Å². The molecule has 0 saturated carbocycles. The van der Waals surface area contributed by atoms with E-state index in [1.807, 2.05) is 32.9 Å². The van der Waals surface area contributed by atoms with Crippen LogP contribution >= 0.6 is 0 Å². The summed E-state index contributed by atoms with van der Waals surface area (Å²) in [6.07, 6.45) is 5.95. The Hall–Kier alpha value is -1.72. The molecular weight excluding hydrogens is 288 g/mol. The van der Waals surface area contributed by atoms with Gasteiger partial charge in [-0.15, -0.1) is 0 Å². The van der Waals surface area contributed by atoms with Gasteiger partial charge in [-0.1, -0.05) is 12.2 Å². The van der Waals surface area contributed by atoms with Gasteiger partial charge in [-0.25, -0.2) is 0 Å². The molecule has 0 unspecified atom stereocenters. The monoisotopic (exact) mass is 318 g/mol. The molecule has 23 heavy (non-hydrogen) atoms. The van der Waals surface area contributed by atoms with Crippen molar-refractivity contribution in [2.24, 2.45) is 5.10 Å². The van der Waals surface area contributed by atoms with Gasteiger partial charge in [0.1, 0.15) is 0 Å². The molecule has 1 aromatic heterocycles. The molecule has 0 spiro atoms. The van der Waals surface area contributed by atoms with E-state index in [9.17, 15) is 0 Å². The van der Waals surface area contributed by atoms with Crippen LogP contribution in [0.15, 0.2) is 35.6 Å². The highest BCUT2D eigenvalue weighted by Gasteiger charge is 2.15. The van der Waals surface area contributed by atoms with Crippen molar-refractivity contribution < 1.29 is 4.74 Å². The largest absolute Gasteiger partial charge is 0.375 e. The van der Waals surface area contributed by atoms with E-state index in [-0.39, 0.29) is 5.60 Å². The first-order chi connectivity index (χ1) is 11.0. The van der Waals surface area contributed by atoms with E-state index >= 15 is 0 Å². The Kier molecular flexibility index (Phi) is 8.51. The van der Waals surface area contributed by atoms with E-state index in [2.05, 4.69) is 46.8 Å². The number of aryl methyl sites for hydroxylation is 1. The minimum atomic E-state index is -0.121. The third-order valence-electron chi connectivity index (χ3n) is 3.37. The number of ether oxygens (including phenoxy) is 1. The van der Waals surface area contributed by atoms with Crippen molar-refractivity contribution >= 4 is 5.71 Å². The third-order valence-corrected chi connectivity index (χ3v) is 3.37. The van der Waals surface area contributed by atoms with Crippen LogP contribution in [0.25, 0.3) is 0 Å². The normalized spacial score (nSPS) is 12.8. The number of rotatable bonds is 10. The van der Waals surface area contributed by atoms with Crippen LogP contribution < -0.4 is 10.7 Å². The first-order valence-corrected chi connectivity index (χ1v) is 8.15. The van der Waals surface area contributed by atoms with Gasteiger partial charge >= 0.3 is 0 Å².